The fourth-order valence-electron chi connectivity index (χ4n) is 3.24. The molecule has 0 saturated carbocycles. The third kappa shape index (κ3) is 3.34. The second kappa shape index (κ2) is 7.26. The van der Waals surface area contributed by atoms with E-state index in [2.05, 4.69) is 6.07 Å². The van der Waals surface area contributed by atoms with Gasteiger partial charge in [-0.25, -0.2) is 9.99 Å². The zero-order valence-electron chi connectivity index (χ0n) is 15.0. The van der Waals surface area contributed by atoms with E-state index in [1.165, 1.54) is 23.5 Å². The molecule has 0 radical (unpaired) electrons. The SMILES string of the molecule is O=[N+]([O-])c1ccc(-c2csc(N3N=C(c4cccs4)C[C@@H]3c3ccco3)n2)cc1. The number of nitrogens with zero attached hydrogens (tertiary/aromatic N) is 4. The summed E-state index contributed by atoms with van der Waals surface area (Å²) in [5.41, 5.74) is 2.66. The van der Waals surface area contributed by atoms with Crippen LogP contribution in [0.3, 0.4) is 0 Å². The average molecular weight is 422 g/mol. The minimum absolute atomic E-state index is 0.0574. The van der Waals surface area contributed by atoms with Gasteiger partial charge in [0, 0.05) is 29.5 Å². The number of furan rings is 1. The Morgan fingerprint density at radius 1 is 1.14 bits per heavy atom. The van der Waals surface area contributed by atoms with Gasteiger partial charge in [0.05, 0.1) is 27.5 Å². The average Bonchev–Trinajstić information content (AvgIpc) is 3.54. The van der Waals surface area contributed by atoms with Crippen molar-refractivity contribution in [2.45, 2.75) is 12.5 Å². The van der Waals surface area contributed by atoms with Crippen molar-refractivity contribution < 1.29 is 9.34 Å². The highest BCUT2D eigenvalue weighted by Crippen LogP contribution is 2.40. The smallest absolute Gasteiger partial charge is 0.269 e. The highest BCUT2D eigenvalue weighted by Gasteiger charge is 2.33. The first-order valence-corrected chi connectivity index (χ1v) is 10.6. The molecule has 0 saturated heterocycles. The Labute approximate surface area is 173 Å². The Bertz CT molecular complexity index is 1170. The number of anilines is 1. The third-order valence-corrected chi connectivity index (χ3v) is 6.40. The monoisotopic (exact) mass is 422 g/mol. The molecule has 144 valence electrons. The van der Waals surface area contributed by atoms with Crippen molar-refractivity contribution in [1.29, 1.82) is 0 Å². The number of nitro benzene ring substituents is 1. The van der Waals surface area contributed by atoms with Crippen molar-refractivity contribution in [3.63, 3.8) is 0 Å². The molecule has 3 aromatic heterocycles. The molecule has 0 spiro atoms. The van der Waals surface area contributed by atoms with Crippen molar-refractivity contribution in [3.05, 3.63) is 86.3 Å². The van der Waals surface area contributed by atoms with Crippen LogP contribution in [0.15, 0.2) is 75.1 Å². The summed E-state index contributed by atoms with van der Waals surface area (Å²) >= 11 is 3.15. The van der Waals surface area contributed by atoms with E-state index in [0.29, 0.717) is 0 Å². The minimum atomic E-state index is -0.407. The van der Waals surface area contributed by atoms with E-state index < -0.39 is 4.92 Å². The first-order chi connectivity index (χ1) is 14.2. The second-order valence-corrected chi connectivity index (χ2v) is 8.21. The van der Waals surface area contributed by atoms with E-state index in [4.69, 9.17) is 14.5 Å². The van der Waals surface area contributed by atoms with Gasteiger partial charge in [-0.05, 0) is 35.7 Å². The van der Waals surface area contributed by atoms with Crippen molar-refractivity contribution in [2.75, 3.05) is 5.01 Å². The Hall–Kier alpha value is -3.30. The lowest BCUT2D eigenvalue weighted by Gasteiger charge is -2.18. The molecule has 1 atom stereocenters. The number of benzene rings is 1. The van der Waals surface area contributed by atoms with Crippen LogP contribution in [0, 0.1) is 10.1 Å². The highest BCUT2D eigenvalue weighted by atomic mass is 32.1. The van der Waals surface area contributed by atoms with Gasteiger partial charge in [0.1, 0.15) is 11.8 Å². The van der Waals surface area contributed by atoms with Crippen molar-refractivity contribution >= 4 is 39.2 Å². The van der Waals surface area contributed by atoms with Crippen LogP contribution in [0.1, 0.15) is 23.1 Å². The number of rotatable bonds is 5. The van der Waals surface area contributed by atoms with Gasteiger partial charge in [-0.3, -0.25) is 10.1 Å². The number of hydrazone groups is 1. The van der Waals surface area contributed by atoms with Crippen LogP contribution in [-0.2, 0) is 0 Å². The predicted molar refractivity (Wildman–Crippen MR) is 114 cm³/mol. The molecule has 4 aromatic rings. The van der Waals surface area contributed by atoms with Crippen molar-refractivity contribution in [3.8, 4) is 11.3 Å². The summed E-state index contributed by atoms with van der Waals surface area (Å²) in [6.45, 7) is 0. The molecule has 1 aromatic carbocycles. The van der Waals surface area contributed by atoms with E-state index >= 15 is 0 Å². The summed E-state index contributed by atoms with van der Waals surface area (Å²) in [5.74, 6) is 0.840. The number of thiophene rings is 1. The molecule has 0 amide bonds. The van der Waals surface area contributed by atoms with Crippen LogP contribution in [0.4, 0.5) is 10.8 Å². The van der Waals surface area contributed by atoms with Gasteiger partial charge in [0.15, 0.2) is 0 Å². The molecular weight excluding hydrogens is 408 g/mol. The lowest BCUT2D eigenvalue weighted by molar-refractivity contribution is -0.384. The molecule has 0 bridgehead atoms. The third-order valence-electron chi connectivity index (χ3n) is 4.65. The maximum atomic E-state index is 10.9. The van der Waals surface area contributed by atoms with Crippen molar-refractivity contribution in [2.24, 2.45) is 5.10 Å². The van der Waals surface area contributed by atoms with Gasteiger partial charge in [-0.15, -0.1) is 22.7 Å². The van der Waals surface area contributed by atoms with Crippen LogP contribution in [0.25, 0.3) is 11.3 Å². The quantitative estimate of drug-likeness (QED) is 0.303. The number of aromatic nitrogens is 1. The molecular formula is C20H14N4O3S2. The van der Waals surface area contributed by atoms with Gasteiger partial charge < -0.3 is 4.42 Å². The number of non-ortho nitro benzene ring substituents is 1. The summed E-state index contributed by atoms with van der Waals surface area (Å²) in [6.07, 6.45) is 2.40. The fraction of sp³-hybridized carbons (Fsp3) is 0.100. The molecule has 0 N–H and O–H groups in total. The molecule has 9 heteroatoms. The summed E-state index contributed by atoms with van der Waals surface area (Å²) in [4.78, 5) is 16.3. The normalized spacial score (nSPS) is 16.2. The Kier molecular flexibility index (Phi) is 4.45. The van der Waals surface area contributed by atoms with Crippen LogP contribution in [0.5, 0.6) is 0 Å². The molecule has 7 nitrogen and oxygen atoms in total. The Morgan fingerprint density at radius 3 is 2.69 bits per heavy atom. The molecule has 1 aliphatic rings. The Morgan fingerprint density at radius 2 is 2.00 bits per heavy atom. The van der Waals surface area contributed by atoms with Gasteiger partial charge in [0.2, 0.25) is 5.13 Å². The molecule has 4 heterocycles. The van der Waals surface area contributed by atoms with Crippen LogP contribution in [0.2, 0.25) is 0 Å². The van der Waals surface area contributed by atoms with E-state index in [1.807, 2.05) is 34.0 Å². The molecule has 1 aliphatic heterocycles. The molecule has 5 rings (SSSR count). The number of hydrogen-bond donors (Lipinski definition) is 0. The van der Waals surface area contributed by atoms with E-state index in [1.54, 1.807) is 29.7 Å². The summed E-state index contributed by atoms with van der Waals surface area (Å²) in [5, 5.41) is 22.4. The zero-order chi connectivity index (χ0) is 19.8. The van der Waals surface area contributed by atoms with E-state index in [0.717, 1.165) is 39.2 Å². The second-order valence-electron chi connectivity index (χ2n) is 6.42. The summed E-state index contributed by atoms with van der Waals surface area (Å²) < 4.78 is 5.66. The topological polar surface area (TPSA) is 84.8 Å². The number of hydrogen-bond acceptors (Lipinski definition) is 8. The maximum absolute atomic E-state index is 10.9. The van der Waals surface area contributed by atoms with Crippen LogP contribution >= 0.6 is 22.7 Å². The Balaban J connectivity index is 1.48. The van der Waals surface area contributed by atoms with Gasteiger partial charge >= 0.3 is 0 Å². The van der Waals surface area contributed by atoms with Crippen LogP contribution < -0.4 is 5.01 Å². The standard InChI is InChI=1S/C20H14N4O3S2/c25-24(26)14-7-5-13(6-8-14)16-12-29-20(21-16)23-17(18-3-1-9-27-18)11-15(22-23)19-4-2-10-28-19/h1-10,12,17H,11H2/t17-/m1/s1. The summed E-state index contributed by atoms with van der Waals surface area (Å²) in [6, 6.07) is 14.3. The molecule has 0 aliphatic carbocycles. The molecule has 29 heavy (non-hydrogen) atoms. The number of thiazole rings is 1. The minimum Gasteiger partial charge on any atom is -0.467 e. The first-order valence-electron chi connectivity index (χ1n) is 8.83. The van der Waals surface area contributed by atoms with Gasteiger partial charge in [-0.2, -0.15) is 5.10 Å². The molecule has 0 unspecified atom stereocenters. The van der Waals surface area contributed by atoms with Crippen molar-refractivity contribution in [1.82, 2.24) is 4.98 Å². The van der Waals surface area contributed by atoms with Gasteiger partial charge in [-0.1, -0.05) is 6.07 Å². The number of nitro groups is 1. The van der Waals surface area contributed by atoms with Gasteiger partial charge in [0.25, 0.3) is 5.69 Å². The van der Waals surface area contributed by atoms with Crippen LogP contribution in [-0.4, -0.2) is 15.6 Å². The largest absolute Gasteiger partial charge is 0.467 e. The molecule has 0 fully saturated rings. The highest BCUT2D eigenvalue weighted by molar-refractivity contribution is 7.14. The van der Waals surface area contributed by atoms with E-state index in [-0.39, 0.29) is 11.7 Å². The maximum Gasteiger partial charge on any atom is 0.269 e. The lowest BCUT2D eigenvalue weighted by atomic mass is 10.1. The summed E-state index contributed by atoms with van der Waals surface area (Å²) in [7, 11) is 0. The predicted octanol–water partition coefficient (Wildman–Crippen LogP) is 5.73. The zero-order valence-corrected chi connectivity index (χ0v) is 16.6. The lowest BCUT2D eigenvalue weighted by Crippen LogP contribution is -2.17. The first kappa shape index (κ1) is 17.8. The van der Waals surface area contributed by atoms with E-state index in [9.17, 15) is 10.1 Å². The fourth-order valence-corrected chi connectivity index (χ4v) is 4.79.